The molecule has 234 valence electrons. The molecule has 0 bridgehead atoms. The van der Waals surface area contributed by atoms with Gasteiger partial charge in [-0.15, -0.1) is 11.3 Å². The third-order valence-corrected chi connectivity index (χ3v) is 7.29. The van der Waals surface area contributed by atoms with Crippen LogP contribution in [-0.4, -0.2) is 55.5 Å². The smallest absolute Gasteiger partial charge is 0.416 e. The molecule has 0 fully saturated rings. The van der Waals surface area contributed by atoms with Crippen molar-refractivity contribution in [3.63, 3.8) is 0 Å². The molecular formula is C30H32F6N2O4S. The molecule has 3 aromatic rings. The van der Waals surface area contributed by atoms with Crippen LogP contribution in [0.3, 0.4) is 0 Å². The molecule has 0 unspecified atom stereocenters. The first kappa shape index (κ1) is 33.8. The lowest BCUT2D eigenvalue weighted by Crippen LogP contribution is -2.44. The molecule has 0 aliphatic heterocycles. The molecule has 2 amide bonds. The second-order valence-electron chi connectivity index (χ2n) is 10.2. The third-order valence-electron chi connectivity index (χ3n) is 6.43. The van der Waals surface area contributed by atoms with Crippen molar-refractivity contribution in [1.82, 2.24) is 9.80 Å². The fraction of sp³-hybridized carbons (Fsp3) is 0.400. The van der Waals surface area contributed by atoms with E-state index in [1.807, 2.05) is 23.6 Å². The highest BCUT2D eigenvalue weighted by molar-refractivity contribution is 7.09. The van der Waals surface area contributed by atoms with Gasteiger partial charge >= 0.3 is 12.4 Å². The minimum Gasteiger partial charge on any atom is -0.493 e. The third kappa shape index (κ3) is 9.37. The molecule has 6 nitrogen and oxygen atoms in total. The Hall–Kier alpha value is -3.74. The Morgan fingerprint density at radius 2 is 1.49 bits per heavy atom. The number of thiophene rings is 1. The Morgan fingerprint density at radius 3 is 2.00 bits per heavy atom. The van der Waals surface area contributed by atoms with Gasteiger partial charge in [0, 0.05) is 23.5 Å². The monoisotopic (exact) mass is 630 g/mol. The summed E-state index contributed by atoms with van der Waals surface area (Å²) >= 11 is 1.42. The molecule has 0 spiro atoms. The average molecular weight is 631 g/mol. The Bertz CT molecular complexity index is 1360. The SMILES string of the molecule is COc1ccc(CCN(Cc2cccs2)C(=O)CN(CC(C)C)C(=O)c2cc(C(F)(F)F)cc(C(F)(F)F)c2)cc1OC. The molecule has 3 rings (SSSR count). The van der Waals surface area contributed by atoms with Gasteiger partial charge in [0.1, 0.15) is 6.54 Å². The van der Waals surface area contributed by atoms with Crippen molar-refractivity contribution in [3.8, 4) is 11.5 Å². The quantitative estimate of drug-likeness (QED) is 0.199. The van der Waals surface area contributed by atoms with Gasteiger partial charge in [0.05, 0.1) is 31.9 Å². The number of carbonyl (C=O) groups excluding carboxylic acids is 2. The molecule has 0 saturated carbocycles. The Balaban J connectivity index is 1.90. The minimum absolute atomic E-state index is 0.0361. The van der Waals surface area contributed by atoms with Crippen LogP contribution in [0.25, 0.3) is 0 Å². The summed E-state index contributed by atoms with van der Waals surface area (Å²) in [6.07, 6.45) is -9.83. The van der Waals surface area contributed by atoms with Gasteiger partial charge in [-0.2, -0.15) is 26.3 Å². The highest BCUT2D eigenvalue weighted by atomic mass is 32.1. The summed E-state index contributed by atoms with van der Waals surface area (Å²) in [5.41, 5.74) is -3.17. The highest BCUT2D eigenvalue weighted by Crippen LogP contribution is 2.36. The van der Waals surface area contributed by atoms with Gasteiger partial charge in [-0.05, 0) is 59.7 Å². The van der Waals surface area contributed by atoms with Gasteiger partial charge in [-0.1, -0.05) is 26.0 Å². The maximum Gasteiger partial charge on any atom is 0.416 e. The number of alkyl halides is 6. The Morgan fingerprint density at radius 1 is 0.860 bits per heavy atom. The zero-order chi connectivity index (χ0) is 31.9. The number of nitrogens with zero attached hydrogens (tertiary/aromatic N) is 2. The van der Waals surface area contributed by atoms with E-state index in [0.717, 1.165) is 15.3 Å². The number of benzene rings is 2. The standard InChI is InChI=1S/C30H32F6N2O4S/c1-19(2)16-38(28(40)21-13-22(29(31,32)33)15-23(14-21)30(34,35)36)18-27(39)37(17-24-6-5-11-43-24)10-9-20-7-8-25(41-3)26(12-20)42-4/h5-8,11-15,19H,9-10,16-18H2,1-4H3. The number of halogens is 6. The topological polar surface area (TPSA) is 59.1 Å². The van der Waals surface area contributed by atoms with Crippen LogP contribution in [0.4, 0.5) is 26.3 Å². The molecule has 0 aliphatic rings. The Kier molecular flexibility index (Phi) is 11.1. The number of hydrogen-bond acceptors (Lipinski definition) is 5. The zero-order valence-corrected chi connectivity index (χ0v) is 24.8. The Labute approximate surface area is 249 Å². The van der Waals surface area contributed by atoms with Gasteiger partial charge in [-0.3, -0.25) is 9.59 Å². The number of methoxy groups -OCH3 is 2. The van der Waals surface area contributed by atoms with Crippen molar-refractivity contribution >= 4 is 23.2 Å². The number of ether oxygens (including phenoxy) is 2. The first-order valence-electron chi connectivity index (χ1n) is 13.2. The number of carbonyl (C=O) groups is 2. The van der Waals surface area contributed by atoms with Crippen LogP contribution in [-0.2, 0) is 30.1 Å². The molecule has 1 heterocycles. The molecule has 1 aromatic heterocycles. The fourth-order valence-electron chi connectivity index (χ4n) is 4.37. The molecule has 0 aliphatic carbocycles. The van der Waals surface area contributed by atoms with E-state index < -0.39 is 47.4 Å². The molecule has 13 heteroatoms. The van der Waals surface area contributed by atoms with Gasteiger partial charge < -0.3 is 19.3 Å². The first-order valence-corrected chi connectivity index (χ1v) is 14.1. The lowest BCUT2D eigenvalue weighted by molar-refractivity contribution is -0.143. The van der Waals surface area contributed by atoms with E-state index in [2.05, 4.69) is 0 Å². The normalized spacial score (nSPS) is 11.9. The van der Waals surface area contributed by atoms with E-state index >= 15 is 0 Å². The second-order valence-corrected chi connectivity index (χ2v) is 11.2. The van der Waals surface area contributed by atoms with E-state index in [1.54, 1.807) is 26.0 Å². The summed E-state index contributed by atoms with van der Waals surface area (Å²) in [6, 6.07) is 9.70. The van der Waals surface area contributed by atoms with Crippen LogP contribution in [0, 0.1) is 5.92 Å². The van der Waals surface area contributed by atoms with Gasteiger partial charge in [-0.25, -0.2) is 0 Å². The van der Waals surface area contributed by atoms with E-state index in [0.29, 0.717) is 30.1 Å². The van der Waals surface area contributed by atoms with Crippen LogP contribution in [0.2, 0.25) is 0 Å². The zero-order valence-electron chi connectivity index (χ0n) is 24.0. The molecule has 0 radical (unpaired) electrons. The average Bonchev–Trinajstić information content (AvgIpc) is 3.46. The highest BCUT2D eigenvalue weighted by Gasteiger charge is 2.38. The molecular weight excluding hydrogens is 598 g/mol. The predicted octanol–water partition coefficient (Wildman–Crippen LogP) is 7.17. The minimum atomic E-state index is -5.11. The molecule has 0 saturated heterocycles. The summed E-state index contributed by atoms with van der Waals surface area (Å²) in [5, 5.41) is 1.84. The number of hydrogen-bond donors (Lipinski definition) is 0. The number of rotatable bonds is 12. The van der Waals surface area contributed by atoms with Crippen molar-refractivity contribution in [1.29, 1.82) is 0 Å². The molecule has 0 atom stereocenters. The van der Waals surface area contributed by atoms with Crippen molar-refractivity contribution in [3.05, 3.63) is 81.0 Å². The van der Waals surface area contributed by atoms with Gasteiger partial charge in [0.2, 0.25) is 5.91 Å². The van der Waals surface area contributed by atoms with Crippen molar-refractivity contribution < 1.29 is 45.4 Å². The fourth-order valence-corrected chi connectivity index (χ4v) is 5.09. The van der Waals surface area contributed by atoms with Crippen LogP contribution >= 0.6 is 11.3 Å². The summed E-state index contributed by atoms with van der Waals surface area (Å²) in [4.78, 5) is 30.4. The van der Waals surface area contributed by atoms with Crippen molar-refractivity contribution in [2.75, 3.05) is 33.9 Å². The van der Waals surface area contributed by atoms with Gasteiger partial charge in [0.25, 0.3) is 5.91 Å². The van der Waals surface area contributed by atoms with Crippen LogP contribution in [0.15, 0.2) is 53.9 Å². The maximum atomic E-state index is 13.6. The van der Waals surface area contributed by atoms with E-state index in [1.165, 1.54) is 30.5 Å². The first-order chi connectivity index (χ1) is 20.1. The predicted molar refractivity (Wildman–Crippen MR) is 150 cm³/mol. The van der Waals surface area contributed by atoms with Crippen molar-refractivity contribution in [2.24, 2.45) is 5.92 Å². The largest absolute Gasteiger partial charge is 0.493 e. The second kappa shape index (κ2) is 14.2. The summed E-state index contributed by atoms with van der Waals surface area (Å²) in [7, 11) is 3.00. The van der Waals surface area contributed by atoms with E-state index in [-0.39, 0.29) is 31.6 Å². The van der Waals surface area contributed by atoms with Crippen molar-refractivity contribution in [2.45, 2.75) is 39.2 Å². The number of amides is 2. The molecule has 43 heavy (non-hydrogen) atoms. The summed E-state index contributed by atoms with van der Waals surface area (Å²) < 4.78 is 91.3. The lowest BCUT2D eigenvalue weighted by atomic mass is 10.0. The van der Waals surface area contributed by atoms with Crippen LogP contribution < -0.4 is 9.47 Å². The molecule has 0 N–H and O–H groups in total. The van der Waals surface area contributed by atoms with Crippen LogP contribution in [0.5, 0.6) is 11.5 Å². The van der Waals surface area contributed by atoms with E-state index in [4.69, 9.17) is 9.47 Å². The molecule has 2 aromatic carbocycles. The summed E-state index contributed by atoms with van der Waals surface area (Å²) in [6.45, 7) is 3.26. The van der Waals surface area contributed by atoms with Gasteiger partial charge in [0.15, 0.2) is 11.5 Å². The van der Waals surface area contributed by atoms with E-state index in [9.17, 15) is 35.9 Å². The summed E-state index contributed by atoms with van der Waals surface area (Å²) in [5.74, 6) is -0.810. The maximum absolute atomic E-state index is 13.6. The lowest BCUT2D eigenvalue weighted by Gasteiger charge is -2.29. The van der Waals surface area contributed by atoms with Crippen LogP contribution in [0.1, 0.15) is 45.8 Å².